The first kappa shape index (κ1) is 15.4. The van der Waals surface area contributed by atoms with Crippen LogP contribution in [0.1, 0.15) is 19.4 Å². The van der Waals surface area contributed by atoms with Crippen molar-refractivity contribution in [1.82, 2.24) is 9.88 Å². The van der Waals surface area contributed by atoms with Crippen LogP contribution in [0.25, 0.3) is 0 Å². The minimum absolute atomic E-state index is 0.246. The fraction of sp³-hybridized carbons (Fsp3) is 0.417. The number of carbonyl (C=O) groups is 1. The van der Waals surface area contributed by atoms with Crippen LogP contribution >= 0.6 is 0 Å². The van der Waals surface area contributed by atoms with Gasteiger partial charge in [0.1, 0.15) is 18.2 Å². The third-order valence-electron chi connectivity index (χ3n) is 2.42. The average Bonchev–Trinajstić information content (AvgIpc) is 2.38. The third kappa shape index (κ3) is 3.91. The molecular formula is C12H14N4O4. The number of amides is 1. The molecule has 0 atom stereocenters. The van der Waals surface area contributed by atoms with Crippen LogP contribution in [0, 0.1) is 27.4 Å². The Morgan fingerprint density at radius 2 is 2.25 bits per heavy atom. The molecule has 0 aliphatic heterocycles. The minimum atomic E-state index is -0.724. The highest BCUT2D eigenvalue weighted by Gasteiger charge is 2.15. The number of hydrogen-bond donors (Lipinski definition) is 1. The Kier molecular flexibility index (Phi) is 4.97. The molecule has 1 rings (SSSR count). The second kappa shape index (κ2) is 6.47. The molecular weight excluding hydrogens is 264 g/mol. The molecule has 1 amide bonds. The van der Waals surface area contributed by atoms with Gasteiger partial charge in [-0.15, -0.1) is 0 Å². The maximum Gasteiger partial charge on any atom is 0.287 e. The molecule has 1 aromatic rings. The van der Waals surface area contributed by atoms with E-state index in [1.54, 1.807) is 6.07 Å². The number of pyridine rings is 1. The van der Waals surface area contributed by atoms with Crippen LogP contribution in [0.3, 0.4) is 0 Å². The highest BCUT2D eigenvalue weighted by atomic mass is 16.6. The molecule has 0 aromatic carbocycles. The molecule has 8 heteroatoms. The molecule has 0 radical (unpaired) electrons. The zero-order chi connectivity index (χ0) is 15.3. The molecule has 0 unspecified atom stereocenters. The van der Waals surface area contributed by atoms with Crippen LogP contribution < -0.4 is 10.9 Å². The van der Waals surface area contributed by atoms with Gasteiger partial charge in [0.2, 0.25) is 5.91 Å². The summed E-state index contributed by atoms with van der Waals surface area (Å²) in [6.07, 6.45) is 0.956. The quantitative estimate of drug-likeness (QED) is 0.617. The second-order valence-electron chi connectivity index (χ2n) is 4.61. The lowest BCUT2D eigenvalue weighted by molar-refractivity contribution is -0.385. The lowest BCUT2D eigenvalue weighted by atomic mass is 10.2. The number of nitro groups is 1. The van der Waals surface area contributed by atoms with Gasteiger partial charge in [0.15, 0.2) is 0 Å². The predicted octanol–water partition coefficient (Wildman–Crippen LogP) is 0.400. The Hall–Kier alpha value is -2.69. The lowest BCUT2D eigenvalue weighted by Gasteiger charge is -2.09. The number of aromatic nitrogens is 1. The normalized spacial score (nSPS) is 10.1. The van der Waals surface area contributed by atoms with Crippen LogP contribution in [0.5, 0.6) is 0 Å². The Balaban J connectivity index is 3.03. The van der Waals surface area contributed by atoms with Crippen molar-refractivity contribution in [3.8, 4) is 6.07 Å². The van der Waals surface area contributed by atoms with Gasteiger partial charge >= 0.3 is 0 Å². The summed E-state index contributed by atoms with van der Waals surface area (Å²) in [6, 6.07) is 2.48. The molecule has 1 heterocycles. The molecule has 0 aliphatic rings. The molecule has 0 aliphatic carbocycles. The van der Waals surface area contributed by atoms with E-state index in [1.807, 2.05) is 13.8 Å². The van der Waals surface area contributed by atoms with Crippen molar-refractivity contribution in [2.75, 3.05) is 6.54 Å². The summed E-state index contributed by atoms with van der Waals surface area (Å²) in [6.45, 7) is 3.90. The smallest absolute Gasteiger partial charge is 0.287 e. The van der Waals surface area contributed by atoms with Crippen LogP contribution in [0.4, 0.5) is 5.69 Å². The van der Waals surface area contributed by atoms with E-state index >= 15 is 0 Å². The van der Waals surface area contributed by atoms with Gasteiger partial charge in [0, 0.05) is 12.6 Å². The summed E-state index contributed by atoms with van der Waals surface area (Å²) in [4.78, 5) is 33.4. The van der Waals surface area contributed by atoms with E-state index in [9.17, 15) is 19.7 Å². The van der Waals surface area contributed by atoms with Crippen molar-refractivity contribution in [3.05, 3.63) is 38.3 Å². The first-order chi connectivity index (χ1) is 9.35. The van der Waals surface area contributed by atoms with E-state index in [2.05, 4.69) is 5.32 Å². The van der Waals surface area contributed by atoms with E-state index in [4.69, 9.17) is 5.26 Å². The maximum atomic E-state index is 11.8. The molecule has 0 spiro atoms. The first-order valence-corrected chi connectivity index (χ1v) is 5.90. The molecule has 8 nitrogen and oxygen atoms in total. The van der Waals surface area contributed by atoms with Crippen molar-refractivity contribution in [2.45, 2.75) is 20.4 Å². The zero-order valence-electron chi connectivity index (χ0n) is 11.1. The molecule has 0 fully saturated rings. The Morgan fingerprint density at radius 3 is 2.75 bits per heavy atom. The maximum absolute atomic E-state index is 11.8. The minimum Gasteiger partial charge on any atom is -0.354 e. The number of rotatable bonds is 5. The molecule has 0 bridgehead atoms. The SMILES string of the molecule is CC(C)CNC(=O)Cn1cc([N+](=O)[O-])cc(C#N)c1=O. The van der Waals surface area contributed by atoms with E-state index in [0.29, 0.717) is 6.54 Å². The summed E-state index contributed by atoms with van der Waals surface area (Å²) in [5, 5.41) is 22.1. The van der Waals surface area contributed by atoms with Crippen molar-refractivity contribution in [1.29, 1.82) is 5.26 Å². The number of nitrogens with one attached hydrogen (secondary N) is 1. The van der Waals surface area contributed by atoms with Crippen LogP contribution in [0.2, 0.25) is 0 Å². The van der Waals surface area contributed by atoms with Gasteiger partial charge in [-0.25, -0.2) is 0 Å². The third-order valence-corrected chi connectivity index (χ3v) is 2.42. The van der Waals surface area contributed by atoms with Crippen molar-refractivity contribution in [3.63, 3.8) is 0 Å². The fourth-order valence-corrected chi connectivity index (χ4v) is 1.45. The topological polar surface area (TPSA) is 118 Å². The first-order valence-electron chi connectivity index (χ1n) is 5.90. The summed E-state index contributed by atoms with van der Waals surface area (Å²) >= 11 is 0. The number of nitriles is 1. The Bertz CT molecular complexity index is 627. The molecule has 1 N–H and O–H groups in total. The van der Waals surface area contributed by atoms with E-state index in [1.165, 1.54) is 0 Å². The fourth-order valence-electron chi connectivity index (χ4n) is 1.45. The predicted molar refractivity (Wildman–Crippen MR) is 69.9 cm³/mol. The van der Waals surface area contributed by atoms with Gasteiger partial charge in [0.25, 0.3) is 11.2 Å². The lowest BCUT2D eigenvalue weighted by Crippen LogP contribution is -2.34. The highest BCUT2D eigenvalue weighted by molar-refractivity contribution is 5.75. The van der Waals surface area contributed by atoms with Gasteiger partial charge in [-0.3, -0.25) is 24.3 Å². The van der Waals surface area contributed by atoms with Crippen LogP contribution in [-0.4, -0.2) is 21.9 Å². The van der Waals surface area contributed by atoms with Crippen molar-refractivity contribution < 1.29 is 9.72 Å². The van der Waals surface area contributed by atoms with Gasteiger partial charge in [-0.2, -0.15) is 5.26 Å². The van der Waals surface area contributed by atoms with Crippen molar-refractivity contribution in [2.24, 2.45) is 5.92 Å². The molecule has 20 heavy (non-hydrogen) atoms. The standard InChI is InChI=1S/C12H14N4O4/c1-8(2)5-14-11(17)7-15-6-10(16(19)20)3-9(4-13)12(15)18/h3,6,8H,5,7H2,1-2H3,(H,14,17). The number of nitrogens with zero attached hydrogens (tertiary/aromatic N) is 3. The van der Waals surface area contributed by atoms with Gasteiger partial charge < -0.3 is 5.32 Å². The zero-order valence-corrected chi connectivity index (χ0v) is 11.1. The van der Waals surface area contributed by atoms with Gasteiger partial charge in [-0.1, -0.05) is 13.8 Å². The van der Waals surface area contributed by atoms with Crippen LogP contribution in [-0.2, 0) is 11.3 Å². The van der Waals surface area contributed by atoms with E-state index < -0.39 is 22.1 Å². The molecule has 0 saturated heterocycles. The van der Waals surface area contributed by atoms with Crippen molar-refractivity contribution >= 4 is 11.6 Å². The summed E-state index contributed by atoms with van der Waals surface area (Å²) in [5.41, 5.74) is -1.49. The molecule has 1 aromatic heterocycles. The van der Waals surface area contributed by atoms with E-state index in [0.717, 1.165) is 16.8 Å². The van der Waals surface area contributed by atoms with Gasteiger partial charge in [-0.05, 0) is 5.92 Å². The summed E-state index contributed by atoms with van der Waals surface area (Å²) in [5.74, 6) is -0.194. The number of hydrogen-bond acceptors (Lipinski definition) is 5. The number of carbonyl (C=O) groups excluding carboxylic acids is 1. The second-order valence-corrected chi connectivity index (χ2v) is 4.61. The molecule has 106 valence electrons. The monoisotopic (exact) mass is 278 g/mol. The largest absolute Gasteiger partial charge is 0.354 e. The molecule has 0 saturated carbocycles. The summed E-state index contributed by atoms with van der Waals surface area (Å²) in [7, 11) is 0. The van der Waals surface area contributed by atoms with E-state index in [-0.39, 0.29) is 18.0 Å². The average molecular weight is 278 g/mol. The van der Waals surface area contributed by atoms with Gasteiger partial charge in [0.05, 0.1) is 11.1 Å². The highest BCUT2D eigenvalue weighted by Crippen LogP contribution is 2.09. The summed E-state index contributed by atoms with van der Waals surface area (Å²) < 4.78 is 0.867. The Morgan fingerprint density at radius 1 is 1.60 bits per heavy atom. The van der Waals surface area contributed by atoms with Crippen LogP contribution in [0.15, 0.2) is 17.1 Å². The Labute approximate surface area is 114 Å².